The number of carbonyl (C=O) groups is 2. The van der Waals surface area contributed by atoms with Gasteiger partial charge in [-0.1, -0.05) is 6.42 Å². The molecule has 1 saturated carbocycles. The monoisotopic (exact) mass is 242 g/mol. The second-order valence-corrected chi connectivity index (χ2v) is 4.96. The average molecular weight is 242 g/mol. The molecule has 1 heterocycles. The highest BCUT2D eigenvalue weighted by Crippen LogP contribution is 2.42. The van der Waals surface area contributed by atoms with Gasteiger partial charge in [0.2, 0.25) is 5.79 Å². The summed E-state index contributed by atoms with van der Waals surface area (Å²) in [4.78, 5) is 22.7. The number of cyclic esters (lactones) is 1. The Bertz CT molecular complexity index is 332. The number of rotatable bonds is 2. The molecule has 0 N–H and O–H groups in total. The van der Waals surface area contributed by atoms with Gasteiger partial charge in [-0.15, -0.1) is 0 Å². The van der Waals surface area contributed by atoms with Crippen LogP contribution in [-0.2, 0) is 23.8 Å². The van der Waals surface area contributed by atoms with Gasteiger partial charge >= 0.3 is 11.9 Å². The molecule has 96 valence electrons. The maximum Gasteiger partial charge on any atom is 0.341 e. The summed E-state index contributed by atoms with van der Waals surface area (Å²) in [6.07, 6.45) is 4.46. The SMILES string of the molecule is CC(=O)OCC1(C)OC(=O)C2(CCCCC2)O1. The lowest BCUT2D eigenvalue weighted by Gasteiger charge is -2.30. The first-order valence-electron chi connectivity index (χ1n) is 6.03. The van der Waals surface area contributed by atoms with E-state index in [0.717, 1.165) is 19.3 Å². The largest absolute Gasteiger partial charge is 0.459 e. The van der Waals surface area contributed by atoms with Crippen molar-refractivity contribution in [3.8, 4) is 0 Å². The molecular weight excluding hydrogens is 224 g/mol. The summed E-state index contributed by atoms with van der Waals surface area (Å²) in [7, 11) is 0. The maximum atomic E-state index is 11.9. The van der Waals surface area contributed by atoms with Crippen molar-refractivity contribution in [2.24, 2.45) is 0 Å². The van der Waals surface area contributed by atoms with Crippen molar-refractivity contribution in [2.45, 2.75) is 57.3 Å². The van der Waals surface area contributed by atoms with E-state index >= 15 is 0 Å². The van der Waals surface area contributed by atoms with Crippen LogP contribution in [0.1, 0.15) is 46.0 Å². The van der Waals surface area contributed by atoms with Crippen molar-refractivity contribution in [1.82, 2.24) is 0 Å². The molecule has 1 unspecified atom stereocenters. The van der Waals surface area contributed by atoms with E-state index in [0.29, 0.717) is 12.8 Å². The van der Waals surface area contributed by atoms with E-state index in [1.807, 2.05) is 0 Å². The second-order valence-electron chi connectivity index (χ2n) is 4.96. The molecular formula is C12H18O5. The summed E-state index contributed by atoms with van der Waals surface area (Å²) in [6, 6.07) is 0. The van der Waals surface area contributed by atoms with Crippen LogP contribution in [0.4, 0.5) is 0 Å². The van der Waals surface area contributed by atoms with Crippen molar-refractivity contribution < 1.29 is 23.8 Å². The Hall–Kier alpha value is -1.10. The van der Waals surface area contributed by atoms with E-state index in [1.54, 1.807) is 6.92 Å². The minimum Gasteiger partial charge on any atom is -0.459 e. The van der Waals surface area contributed by atoms with E-state index in [9.17, 15) is 9.59 Å². The number of ether oxygens (including phenoxy) is 3. The fourth-order valence-electron chi connectivity index (χ4n) is 2.49. The Labute approximate surface area is 100 Å². The molecule has 17 heavy (non-hydrogen) atoms. The summed E-state index contributed by atoms with van der Waals surface area (Å²) in [6.45, 7) is 2.91. The van der Waals surface area contributed by atoms with Crippen molar-refractivity contribution >= 4 is 11.9 Å². The minimum absolute atomic E-state index is 0.0458. The van der Waals surface area contributed by atoms with Gasteiger partial charge in [0.1, 0.15) is 0 Å². The molecule has 1 aliphatic carbocycles. The number of hydrogen-bond donors (Lipinski definition) is 0. The van der Waals surface area contributed by atoms with Crippen LogP contribution in [0.2, 0.25) is 0 Å². The van der Waals surface area contributed by atoms with Crippen LogP contribution in [0, 0.1) is 0 Å². The van der Waals surface area contributed by atoms with Crippen LogP contribution in [-0.4, -0.2) is 29.9 Å². The second kappa shape index (κ2) is 4.29. The van der Waals surface area contributed by atoms with Crippen LogP contribution >= 0.6 is 0 Å². The first-order valence-corrected chi connectivity index (χ1v) is 6.03. The lowest BCUT2D eigenvalue weighted by molar-refractivity contribution is -0.211. The van der Waals surface area contributed by atoms with Crippen LogP contribution in [0.3, 0.4) is 0 Å². The number of esters is 2. The lowest BCUT2D eigenvalue weighted by atomic mass is 9.85. The van der Waals surface area contributed by atoms with Gasteiger partial charge in [0.05, 0.1) is 0 Å². The Balaban J connectivity index is 2.04. The lowest BCUT2D eigenvalue weighted by Crippen LogP contribution is -2.41. The molecule has 5 nitrogen and oxygen atoms in total. The molecule has 1 saturated heterocycles. The molecule has 5 heteroatoms. The van der Waals surface area contributed by atoms with Crippen LogP contribution in [0.5, 0.6) is 0 Å². The molecule has 0 aromatic heterocycles. The molecule has 1 spiro atoms. The fourth-order valence-corrected chi connectivity index (χ4v) is 2.49. The number of carbonyl (C=O) groups excluding carboxylic acids is 2. The average Bonchev–Trinajstić information content (AvgIpc) is 2.50. The molecule has 0 amide bonds. The smallest absolute Gasteiger partial charge is 0.341 e. The predicted octanol–water partition coefficient (Wildman–Crippen LogP) is 1.54. The Morgan fingerprint density at radius 1 is 1.35 bits per heavy atom. The van der Waals surface area contributed by atoms with E-state index in [1.165, 1.54) is 6.92 Å². The summed E-state index contributed by atoms with van der Waals surface area (Å²) >= 11 is 0. The highest BCUT2D eigenvalue weighted by Gasteiger charge is 2.56. The minimum atomic E-state index is -1.12. The summed E-state index contributed by atoms with van der Waals surface area (Å²) in [5.41, 5.74) is -0.798. The highest BCUT2D eigenvalue weighted by molar-refractivity contribution is 5.81. The van der Waals surface area contributed by atoms with Gasteiger partial charge in [0.15, 0.2) is 12.2 Å². The summed E-state index contributed by atoms with van der Waals surface area (Å²) in [5, 5.41) is 0. The quantitative estimate of drug-likeness (QED) is 0.687. The Kier molecular flexibility index (Phi) is 3.12. The normalized spacial score (nSPS) is 31.3. The van der Waals surface area contributed by atoms with Gasteiger partial charge in [-0.05, 0) is 25.7 Å². The zero-order valence-electron chi connectivity index (χ0n) is 10.3. The van der Waals surface area contributed by atoms with E-state index < -0.39 is 17.4 Å². The number of hydrogen-bond acceptors (Lipinski definition) is 5. The molecule has 1 atom stereocenters. The molecule has 2 rings (SSSR count). The summed E-state index contributed by atoms with van der Waals surface area (Å²) < 4.78 is 15.9. The van der Waals surface area contributed by atoms with Crippen molar-refractivity contribution in [2.75, 3.05) is 6.61 Å². The van der Waals surface area contributed by atoms with Gasteiger partial charge in [-0.2, -0.15) is 0 Å². The van der Waals surface area contributed by atoms with Gasteiger partial charge < -0.3 is 14.2 Å². The third-order valence-corrected chi connectivity index (χ3v) is 3.29. The van der Waals surface area contributed by atoms with Crippen LogP contribution in [0.25, 0.3) is 0 Å². The van der Waals surface area contributed by atoms with E-state index in [4.69, 9.17) is 14.2 Å². The first-order chi connectivity index (χ1) is 7.96. The van der Waals surface area contributed by atoms with Gasteiger partial charge in [0.25, 0.3) is 0 Å². The van der Waals surface area contributed by atoms with Crippen molar-refractivity contribution in [3.63, 3.8) is 0 Å². The van der Waals surface area contributed by atoms with Crippen molar-refractivity contribution in [1.29, 1.82) is 0 Å². The maximum absolute atomic E-state index is 11.9. The first kappa shape index (κ1) is 12.4. The molecule has 2 fully saturated rings. The highest BCUT2D eigenvalue weighted by atomic mass is 16.8. The molecule has 0 aromatic carbocycles. The Morgan fingerprint density at radius 3 is 2.59 bits per heavy atom. The summed E-state index contributed by atoms with van der Waals surface area (Å²) in [5.74, 6) is -1.84. The van der Waals surface area contributed by atoms with Crippen molar-refractivity contribution in [3.05, 3.63) is 0 Å². The van der Waals surface area contributed by atoms with Gasteiger partial charge in [-0.25, -0.2) is 4.79 Å². The van der Waals surface area contributed by atoms with E-state index in [-0.39, 0.29) is 12.6 Å². The molecule has 1 aliphatic heterocycles. The zero-order valence-corrected chi connectivity index (χ0v) is 10.3. The predicted molar refractivity (Wildman–Crippen MR) is 58.0 cm³/mol. The third-order valence-electron chi connectivity index (χ3n) is 3.29. The molecule has 2 aliphatic rings. The van der Waals surface area contributed by atoms with E-state index in [2.05, 4.69) is 0 Å². The zero-order chi connectivity index (χ0) is 12.5. The molecule has 0 bridgehead atoms. The standard InChI is InChI=1S/C12H18O5/c1-9(13)15-8-11(2)16-10(14)12(17-11)6-4-3-5-7-12/h3-8H2,1-2H3. The third kappa shape index (κ3) is 2.44. The topological polar surface area (TPSA) is 61.8 Å². The van der Waals surface area contributed by atoms with Crippen LogP contribution in [0.15, 0.2) is 0 Å². The van der Waals surface area contributed by atoms with Gasteiger partial charge in [0, 0.05) is 13.8 Å². The molecule has 0 radical (unpaired) electrons. The fraction of sp³-hybridized carbons (Fsp3) is 0.833. The van der Waals surface area contributed by atoms with Gasteiger partial charge in [-0.3, -0.25) is 4.79 Å². The Morgan fingerprint density at radius 2 is 2.00 bits per heavy atom. The van der Waals surface area contributed by atoms with Crippen LogP contribution < -0.4 is 0 Å². The molecule has 0 aromatic rings.